The van der Waals surface area contributed by atoms with Crippen LogP contribution in [0, 0.1) is 0 Å². The van der Waals surface area contributed by atoms with Gasteiger partial charge in [0.15, 0.2) is 17.5 Å². The molecule has 0 radical (unpaired) electrons. The van der Waals surface area contributed by atoms with Gasteiger partial charge in [-0.25, -0.2) is 4.99 Å². The van der Waals surface area contributed by atoms with Gasteiger partial charge >= 0.3 is 0 Å². The number of ether oxygens (including phenoxy) is 2. The van der Waals surface area contributed by atoms with Crippen LogP contribution in [0.5, 0.6) is 11.5 Å². The van der Waals surface area contributed by atoms with E-state index in [1.54, 1.807) is 7.11 Å². The third-order valence-corrected chi connectivity index (χ3v) is 4.61. The molecular formula is C21H35IN4O3. The number of aliphatic imine (C=N–C) groups is 1. The van der Waals surface area contributed by atoms with Crippen molar-refractivity contribution in [2.24, 2.45) is 4.99 Å². The largest absolute Gasteiger partial charge is 0.493 e. The zero-order valence-electron chi connectivity index (χ0n) is 17.8. The van der Waals surface area contributed by atoms with E-state index in [-0.39, 0.29) is 42.5 Å². The number of guanidine groups is 1. The molecule has 1 saturated carbocycles. The first kappa shape index (κ1) is 25.3. The van der Waals surface area contributed by atoms with E-state index in [9.17, 15) is 4.79 Å². The summed E-state index contributed by atoms with van der Waals surface area (Å²) in [7, 11) is 1.66. The number of nitrogens with zero attached hydrogens (tertiary/aromatic N) is 1. The number of amides is 1. The van der Waals surface area contributed by atoms with Gasteiger partial charge in [-0.1, -0.05) is 19.1 Å². The van der Waals surface area contributed by atoms with Crippen molar-refractivity contribution < 1.29 is 14.3 Å². The molecule has 0 bridgehead atoms. The highest BCUT2D eigenvalue weighted by Crippen LogP contribution is 2.35. The van der Waals surface area contributed by atoms with Gasteiger partial charge in [0.05, 0.1) is 26.3 Å². The minimum absolute atomic E-state index is 0. The highest BCUT2D eigenvalue weighted by molar-refractivity contribution is 14.0. The van der Waals surface area contributed by atoms with Crippen molar-refractivity contribution in [1.82, 2.24) is 16.0 Å². The minimum atomic E-state index is -0.0425. The van der Waals surface area contributed by atoms with Gasteiger partial charge < -0.3 is 25.4 Å². The van der Waals surface area contributed by atoms with E-state index >= 15 is 0 Å². The quantitative estimate of drug-likeness (QED) is 0.252. The summed E-state index contributed by atoms with van der Waals surface area (Å²) in [6, 6.07) is 5.87. The summed E-state index contributed by atoms with van der Waals surface area (Å²) in [6.45, 7) is 6.04. The molecule has 29 heavy (non-hydrogen) atoms. The Morgan fingerprint density at radius 2 is 1.93 bits per heavy atom. The van der Waals surface area contributed by atoms with Gasteiger partial charge in [0.1, 0.15) is 0 Å². The van der Waals surface area contributed by atoms with Crippen LogP contribution in [-0.2, 0) is 11.3 Å². The van der Waals surface area contributed by atoms with Crippen LogP contribution in [0.3, 0.4) is 0 Å². The number of halogens is 1. The van der Waals surface area contributed by atoms with E-state index in [4.69, 9.17) is 9.47 Å². The minimum Gasteiger partial charge on any atom is -0.493 e. The maximum atomic E-state index is 11.8. The number of carbonyl (C=O) groups excluding carboxylic acids is 1. The summed E-state index contributed by atoms with van der Waals surface area (Å²) in [5, 5.41) is 9.10. The maximum Gasteiger partial charge on any atom is 0.239 e. The van der Waals surface area contributed by atoms with E-state index in [2.05, 4.69) is 20.9 Å². The van der Waals surface area contributed by atoms with Gasteiger partial charge in [0, 0.05) is 18.7 Å². The molecule has 0 atom stereocenters. The van der Waals surface area contributed by atoms with Crippen molar-refractivity contribution >= 4 is 35.8 Å². The van der Waals surface area contributed by atoms with E-state index in [0.717, 1.165) is 36.3 Å². The molecule has 1 fully saturated rings. The molecule has 0 aromatic heterocycles. The predicted molar refractivity (Wildman–Crippen MR) is 127 cm³/mol. The molecule has 0 heterocycles. The molecule has 7 nitrogen and oxygen atoms in total. The number of para-hydroxylation sites is 1. The molecule has 164 valence electrons. The van der Waals surface area contributed by atoms with Crippen LogP contribution in [0.1, 0.15) is 51.5 Å². The lowest BCUT2D eigenvalue weighted by molar-refractivity contribution is -0.120. The summed E-state index contributed by atoms with van der Waals surface area (Å²) >= 11 is 0. The van der Waals surface area contributed by atoms with Crippen LogP contribution >= 0.6 is 24.0 Å². The zero-order valence-corrected chi connectivity index (χ0v) is 20.1. The second-order valence-corrected chi connectivity index (χ2v) is 6.87. The Kier molecular flexibility index (Phi) is 12.5. The average molecular weight is 518 g/mol. The Balaban J connectivity index is 0.00000420. The third-order valence-electron chi connectivity index (χ3n) is 4.61. The third kappa shape index (κ3) is 8.67. The fraction of sp³-hybridized carbons (Fsp3) is 0.619. The molecular weight excluding hydrogens is 483 g/mol. The summed E-state index contributed by atoms with van der Waals surface area (Å²) < 4.78 is 11.8. The lowest BCUT2D eigenvalue weighted by atomic mass is 10.1. The molecule has 2 rings (SSSR count). The Bertz CT molecular complexity index is 649. The van der Waals surface area contributed by atoms with Crippen molar-refractivity contribution in [3.63, 3.8) is 0 Å². The van der Waals surface area contributed by atoms with Gasteiger partial charge in [-0.3, -0.25) is 4.79 Å². The molecule has 1 amide bonds. The lowest BCUT2D eigenvalue weighted by Crippen LogP contribution is -2.43. The molecule has 1 aliphatic rings. The van der Waals surface area contributed by atoms with Crippen molar-refractivity contribution in [1.29, 1.82) is 0 Å². The summed E-state index contributed by atoms with van der Waals surface area (Å²) in [4.78, 5) is 16.4. The van der Waals surface area contributed by atoms with Crippen molar-refractivity contribution in [2.75, 3.05) is 26.7 Å². The van der Waals surface area contributed by atoms with Crippen molar-refractivity contribution in [3.05, 3.63) is 23.8 Å². The number of carbonyl (C=O) groups is 1. The van der Waals surface area contributed by atoms with Gasteiger partial charge in [0.2, 0.25) is 5.91 Å². The number of hydrogen-bond acceptors (Lipinski definition) is 4. The van der Waals surface area contributed by atoms with Gasteiger partial charge in [-0.2, -0.15) is 0 Å². The molecule has 3 N–H and O–H groups in total. The van der Waals surface area contributed by atoms with E-state index in [0.29, 0.717) is 25.6 Å². The molecule has 1 aromatic rings. The molecule has 0 spiro atoms. The molecule has 1 aliphatic carbocycles. The number of methoxy groups -OCH3 is 1. The fourth-order valence-electron chi connectivity index (χ4n) is 3.15. The molecule has 0 aliphatic heterocycles. The van der Waals surface area contributed by atoms with Crippen molar-refractivity contribution in [3.8, 4) is 11.5 Å². The topological polar surface area (TPSA) is 84.0 Å². The van der Waals surface area contributed by atoms with Crippen LogP contribution in [0.4, 0.5) is 0 Å². The van der Waals surface area contributed by atoms with Gasteiger partial charge in [-0.15, -0.1) is 24.0 Å². The molecule has 1 aromatic carbocycles. The zero-order chi connectivity index (χ0) is 20.2. The maximum absolute atomic E-state index is 11.8. The second-order valence-electron chi connectivity index (χ2n) is 6.87. The first-order valence-electron chi connectivity index (χ1n) is 10.3. The number of rotatable bonds is 10. The highest BCUT2D eigenvalue weighted by atomic mass is 127. The first-order valence-corrected chi connectivity index (χ1v) is 10.3. The van der Waals surface area contributed by atoms with E-state index in [1.165, 1.54) is 12.8 Å². The second kappa shape index (κ2) is 14.3. The van der Waals surface area contributed by atoms with Crippen LogP contribution in [-0.4, -0.2) is 44.7 Å². The van der Waals surface area contributed by atoms with E-state index in [1.807, 2.05) is 32.0 Å². The summed E-state index contributed by atoms with van der Waals surface area (Å²) in [5.74, 6) is 2.07. The average Bonchev–Trinajstić information content (AvgIpc) is 3.22. The monoisotopic (exact) mass is 518 g/mol. The van der Waals surface area contributed by atoms with Crippen LogP contribution in [0.2, 0.25) is 0 Å². The highest BCUT2D eigenvalue weighted by Gasteiger charge is 2.20. The summed E-state index contributed by atoms with van der Waals surface area (Å²) in [6.07, 6.45) is 5.74. The first-order chi connectivity index (χ1) is 13.7. The van der Waals surface area contributed by atoms with Crippen LogP contribution in [0.15, 0.2) is 23.2 Å². The summed E-state index contributed by atoms with van der Waals surface area (Å²) in [5.41, 5.74) is 0.971. The number of benzene rings is 1. The van der Waals surface area contributed by atoms with Gasteiger partial charge in [0.25, 0.3) is 0 Å². The molecule has 0 saturated heterocycles. The molecule has 0 unspecified atom stereocenters. The lowest BCUT2D eigenvalue weighted by Gasteiger charge is -2.19. The normalized spacial score (nSPS) is 14.1. The predicted octanol–water partition coefficient (Wildman–Crippen LogP) is 3.22. The SMILES string of the molecule is CCCNC(=O)CNC(=NCc1cccc(OC)c1OC1CCCC1)NCC.I. The standard InChI is InChI=1S/C21H34N4O3.HI/c1-4-13-23-19(26)15-25-21(22-5-2)24-14-16-9-8-12-18(27-3)20(16)28-17-10-6-7-11-17;/h8-9,12,17H,4-7,10-11,13-15H2,1-3H3,(H,23,26)(H2,22,24,25);1H. The smallest absolute Gasteiger partial charge is 0.239 e. The number of hydrogen-bond donors (Lipinski definition) is 3. The molecule has 8 heteroatoms. The Labute approximate surface area is 191 Å². The van der Waals surface area contributed by atoms with Crippen LogP contribution in [0.25, 0.3) is 0 Å². The Morgan fingerprint density at radius 1 is 1.17 bits per heavy atom. The fourth-order valence-corrected chi connectivity index (χ4v) is 3.15. The van der Waals surface area contributed by atoms with E-state index < -0.39 is 0 Å². The number of nitrogens with one attached hydrogen (secondary N) is 3. The van der Waals surface area contributed by atoms with Gasteiger partial charge in [-0.05, 0) is 45.1 Å². The Hall–Kier alpha value is -1.71. The Morgan fingerprint density at radius 3 is 2.59 bits per heavy atom. The van der Waals surface area contributed by atoms with Crippen molar-refractivity contribution in [2.45, 2.75) is 58.6 Å². The van der Waals surface area contributed by atoms with Crippen LogP contribution < -0.4 is 25.4 Å².